The second-order valence-electron chi connectivity index (χ2n) is 11.9. The van der Waals surface area contributed by atoms with Crippen LogP contribution in [0.4, 0.5) is 10.1 Å². The number of pyridine rings is 1. The number of amides is 1. The van der Waals surface area contributed by atoms with Crippen molar-refractivity contribution in [2.45, 2.75) is 26.5 Å². The summed E-state index contributed by atoms with van der Waals surface area (Å²) in [4.78, 5) is 64.6. The van der Waals surface area contributed by atoms with Gasteiger partial charge in [-0.2, -0.15) is 0 Å². The molecule has 0 saturated heterocycles. The molecule has 5 rings (SSSR count). The molecule has 1 atom stereocenters. The van der Waals surface area contributed by atoms with Crippen molar-refractivity contribution >= 4 is 40.4 Å². The number of nitrogens with one attached hydrogen (secondary N) is 1. The molecular formula is C38H38FN5O10. The summed E-state index contributed by atoms with van der Waals surface area (Å²) < 4.78 is 34.9. The number of carboxylic acid groups (broad SMARTS) is 2. The van der Waals surface area contributed by atoms with E-state index in [9.17, 15) is 24.0 Å². The van der Waals surface area contributed by atoms with Crippen molar-refractivity contribution in [2.75, 3.05) is 33.1 Å². The lowest BCUT2D eigenvalue weighted by molar-refractivity contribution is -0.149. The fourth-order valence-corrected chi connectivity index (χ4v) is 5.19. The molecule has 0 aliphatic rings. The number of ether oxygens (including phenoxy) is 3. The Bertz CT molecular complexity index is 2230. The number of halogens is 1. The second kappa shape index (κ2) is 18.1. The number of esters is 1. The van der Waals surface area contributed by atoms with Crippen LogP contribution in [0, 0.1) is 12.7 Å². The van der Waals surface area contributed by atoms with Crippen molar-refractivity contribution < 1.29 is 48.0 Å². The van der Waals surface area contributed by atoms with Gasteiger partial charge in [-0.25, -0.2) is 18.7 Å². The van der Waals surface area contributed by atoms with Crippen LogP contribution in [0.15, 0.2) is 95.9 Å². The summed E-state index contributed by atoms with van der Waals surface area (Å²) in [6.07, 6.45) is 2.06. The molecule has 0 bridgehead atoms. The van der Waals surface area contributed by atoms with E-state index in [1.807, 2.05) is 6.07 Å². The van der Waals surface area contributed by atoms with Gasteiger partial charge in [-0.3, -0.25) is 28.9 Å². The van der Waals surface area contributed by atoms with Crippen LogP contribution in [-0.2, 0) is 25.7 Å². The van der Waals surface area contributed by atoms with E-state index in [1.54, 1.807) is 99.4 Å². The van der Waals surface area contributed by atoms with E-state index in [0.29, 0.717) is 45.9 Å². The number of carbonyl (C=O) groups is 4. The van der Waals surface area contributed by atoms with Gasteiger partial charge in [0.05, 0.1) is 37.1 Å². The van der Waals surface area contributed by atoms with Gasteiger partial charge in [0.2, 0.25) is 0 Å². The number of carbonyl (C=O) groups excluding carboxylic acids is 2. The number of hydrogen-bond acceptors (Lipinski definition) is 10. The third-order valence-corrected chi connectivity index (χ3v) is 7.52. The SMILES string of the molecule is COc1ccc2c(Oc3ccc(NC(=O)c4c(C)n(C[C@@H](C)OC(=O)CN(C)C)n(-c5ccccc5)c4=O)cc3F)ccnc2c1.O=C(O)C=CC(=O)O. The first kappa shape index (κ1) is 40.0. The zero-order valence-electron chi connectivity index (χ0n) is 30.0. The van der Waals surface area contributed by atoms with Crippen molar-refractivity contribution in [2.24, 2.45) is 0 Å². The third-order valence-electron chi connectivity index (χ3n) is 7.52. The monoisotopic (exact) mass is 743 g/mol. The van der Waals surface area contributed by atoms with E-state index in [2.05, 4.69) is 10.3 Å². The first-order valence-corrected chi connectivity index (χ1v) is 16.3. The maximum absolute atomic E-state index is 15.3. The van der Waals surface area contributed by atoms with E-state index in [-0.39, 0.29) is 30.1 Å². The van der Waals surface area contributed by atoms with Crippen molar-refractivity contribution in [1.29, 1.82) is 0 Å². The van der Waals surface area contributed by atoms with Gasteiger partial charge in [-0.1, -0.05) is 18.2 Å². The fraction of sp³-hybridized carbons (Fsp3) is 0.211. The van der Waals surface area contributed by atoms with E-state index >= 15 is 4.39 Å². The molecule has 54 heavy (non-hydrogen) atoms. The zero-order valence-corrected chi connectivity index (χ0v) is 30.0. The van der Waals surface area contributed by atoms with Gasteiger partial charge in [0, 0.05) is 41.6 Å². The van der Waals surface area contributed by atoms with Crippen LogP contribution in [0.3, 0.4) is 0 Å². The lowest BCUT2D eigenvalue weighted by Crippen LogP contribution is -2.31. The minimum absolute atomic E-state index is 0.0621. The Morgan fingerprint density at radius 2 is 1.65 bits per heavy atom. The Morgan fingerprint density at radius 3 is 2.26 bits per heavy atom. The molecule has 0 radical (unpaired) electrons. The minimum Gasteiger partial charge on any atom is -0.497 e. The molecule has 282 valence electrons. The number of aliphatic carboxylic acids is 2. The largest absolute Gasteiger partial charge is 0.497 e. The van der Waals surface area contributed by atoms with Gasteiger partial charge in [0.25, 0.3) is 11.5 Å². The number of nitrogens with zero attached hydrogens (tertiary/aromatic N) is 4. The smallest absolute Gasteiger partial charge is 0.328 e. The Hall–Kier alpha value is -6.81. The Kier molecular flexibility index (Phi) is 13.4. The second-order valence-corrected chi connectivity index (χ2v) is 11.9. The quantitative estimate of drug-likeness (QED) is 0.109. The molecule has 3 aromatic carbocycles. The lowest BCUT2D eigenvalue weighted by atomic mass is 10.2. The molecule has 2 aromatic heterocycles. The average Bonchev–Trinajstić information content (AvgIpc) is 3.36. The molecule has 1 amide bonds. The van der Waals surface area contributed by atoms with Crippen LogP contribution in [0.1, 0.15) is 23.0 Å². The maximum atomic E-state index is 15.3. The summed E-state index contributed by atoms with van der Waals surface area (Å²) in [5.41, 5.74) is 0.915. The highest BCUT2D eigenvalue weighted by Crippen LogP contribution is 2.33. The summed E-state index contributed by atoms with van der Waals surface area (Å²) in [5.74, 6) is -3.41. The molecule has 0 aliphatic heterocycles. The van der Waals surface area contributed by atoms with Gasteiger partial charge in [0.15, 0.2) is 11.6 Å². The molecule has 0 unspecified atom stereocenters. The van der Waals surface area contributed by atoms with Crippen molar-refractivity contribution in [3.8, 4) is 22.9 Å². The molecule has 0 aliphatic carbocycles. The number of likely N-dealkylation sites (N-methyl/N-ethyl adjacent to an activating group) is 1. The Labute approximate surface area is 308 Å². The number of methoxy groups -OCH3 is 1. The van der Waals surface area contributed by atoms with E-state index < -0.39 is 41.3 Å². The molecule has 15 nitrogen and oxygen atoms in total. The van der Waals surface area contributed by atoms with Gasteiger partial charge < -0.3 is 29.7 Å². The normalized spacial score (nSPS) is 11.5. The van der Waals surface area contributed by atoms with Crippen molar-refractivity contribution in [3.05, 3.63) is 119 Å². The van der Waals surface area contributed by atoms with Gasteiger partial charge in [-0.15, -0.1) is 0 Å². The Balaban J connectivity index is 0.000000730. The number of benzene rings is 3. The predicted octanol–water partition coefficient (Wildman–Crippen LogP) is 4.89. The number of fused-ring (bicyclic) bond motifs is 1. The van der Waals surface area contributed by atoms with E-state index in [1.165, 1.54) is 16.8 Å². The van der Waals surface area contributed by atoms with Gasteiger partial charge in [0.1, 0.15) is 23.2 Å². The molecule has 3 N–H and O–H groups in total. The van der Waals surface area contributed by atoms with Gasteiger partial charge >= 0.3 is 17.9 Å². The first-order chi connectivity index (χ1) is 25.7. The van der Waals surface area contributed by atoms with Crippen molar-refractivity contribution in [3.63, 3.8) is 0 Å². The first-order valence-electron chi connectivity index (χ1n) is 16.3. The summed E-state index contributed by atoms with van der Waals surface area (Å²) >= 11 is 0. The molecule has 0 saturated carbocycles. The number of para-hydroxylation sites is 1. The molecule has 0 fully saturated rings. The minimum atomic E-state index is -1.26. The van der Waals surface area contributed by atoms with Crippen LogP contribution in [-0.4, -0.2) is 87.1 Å². The van der Waals surface area contributed by atoms with Crippen LogP contribution < -0.4 is 20.3 Å². The lowest BCUT2D eigenvalue weighted by Gasteiger charge is -2.19. The van der Waals surface area contributed by atoms with Crippen LogP contribution in [0.5, 0.6) is 17.2 Å². The average molecular weight is 744 g/mol. The van der Waals surface area contributed by atoms with Crippen molar-refractivity contribution in [1.82, 2.24) is 19.2 Å². The summed E-state index contributed by atoms with van der Waals surface area (Å²) in [6, 6.07) is 19.7. The number of aromatic nitrogens is 3. The number of hydrogen-bond donors (Lipinski definition) is 3. The number of carboxylic acids is 2. The molecule has 2 heterocycles. The predicted molar refractivity (Wildman–Crippen MR) is 196 cm³/mol. The third kappa shape index (κ3) is 10.4. The molecule has 16 heteroatoms. The molecule has 0 spiro atoms. The summed E-state index contributed by atoms with van der Waals surface area (Å²) in [5, 5.41) is 18.9. The van der Waals surface area contributed by atoms with E-state index in [0.717, 1.165) is 6.07 Å². The number of rotatable bonds is 13. The Morgan fingerprint density at radius 1 is 0.963 bits per heavy atom. The maximum Gasteiger partial charge on any atom is 0.328 e. The highest BCUT2D eigenvalue weighted by Gasteiger charge is 2.26. The van der Waals surface area contributed by atoms with E-state index in [4.69, 9.17) is 24.4 Å². The molecular weight excluding hydrogens is 705 g/mol. The van der Waals surface area contributed by atoms with Gasteiger partial charge in [-0.05, 0) is 70.4 Å². The summed E-state index contributed by atoms with van der Waals surface area (Å²) in [6.45, 7) is 3.56. The standard InChI is InChI=1S/C34H34FN5O6.C4H4O4/c1-21(45-31(41)20-38(3)4)19-39-22(2)32(34(43)40(39)24-9-7-6-8-10-24)33(42)37-23-11-14-30(27(35)17-23)46-29-15-16-36-28-18-25(44-5)12-13-26(28)29;5-3(6)1-2-4(7)8/h6-18,21H,19-20H2,1-5H3,(H,37,42);1-2H,(H,5,6)(H,7,8)/t21-;/m1./s1. The molecule has 5 aromatic rings. The number of anilines is 1. The zero-order chi connectivity index (χ0) is 39.5. The highest BCUT2D eigenvalue weighted by atomic mass is 19.1. The van der Waals surface area contributed by atoms with Crippen LogP contribution >= 0.6 is 0 Å². The fourth-order valence-electron chi connectivity index (χ4n) is 5.19. The summed E-state index contributed by atoms with van der Waals surface area (Å²) in [7, 11) is 5.07. The highest BCUT2D eigenvalue weighted by molar-refractivity contribution is 6.05. The van der Waals surface area contributed by atoms with Crippen LogP contribution in [0.25, 0.3) is 16.6 Å². The van der Waals surface area contributed by atoms with Crippen LogP contribution in [0.2, 0.25) is 0 Å². The topological polar surface area (TPSA) is 192 Å².